The number of amides is 1. The highest BCUT2D eigenvalue weighted by molar-refractivity contribution is 8.03. The molecule has 1 aliphatic rings. The Kier molecular flexibility index (Phi) is 8.98. The lowest BCUT2D eigenvalue weighted by Crippen LogP contribution is -2.42. The van der Waals surface area contributed by atoms with E-state index in [1.54, 1.807) is 11.8 Å². The number of nitrogens with one attached hydrogen (secondary N) is 1. The standard InChI is InChI=1S/C24H27N3OS.ClH/c1-3-26-16-11-17-27-22(29-4-2)21(18-25)24(23(27)28,19-12-7-5-8-13-19)20-14-9-6-10-15-20;/h5-10,12-15,26H,3-4,11,16-17H2,1-2H3;1H. The Labute approximate surface area is 189 Å². The summed E-state index contributed by atoms with van der Waals surface area (Å²) in [7, 11) is 0. The first kappa shape index (κ1) is 24.0. The van der Waals surface area contributed by atoms with Crippen molar-refractivity contribution in [3.63, 3.8) is 0 Å². The molecule has 2 aromatic carbocycles. The summed E-state index contributed by atoms with van der Waals surface area (Å²) in [4.78, 5) is 15.9. The summed E-state index contributed by atoms with van der Waals surface area (Å²) in [6, 6.07) is 21.9. The summed E-state index contributed by atoms with van der Waals surface area (Å²) in [5.74, 6) is 0.774. The molecule has 4 nitrogen and oxygen atoms in total. The van der Waals surface area contributed by atoms with Crippen LogP contribution >= 0.6 is 24.2 Å². The maximum absolute atomic E-state index is 14.0. The Morgan fingerprint density at radius 3 is 2.07 bits per heavy atom. The van der Waals surface area contributed by atoms with Crippen LogP contribution < -0.4 is 5.32 Å². The maximum atomic E-state index is 14.0. The third-order valence-electron chi connectivity index (χ3n) is 5.19. The summed E-state index contributed by atoms with van der Waals surface area (Å²) < 4.78 is 0. The van der Waals surface area contributed by atoms with Crippen molar-refractivity contribution in [3.05, 3.63) is 82.4 Å². The predicted molar refractivity (Wildman–Crippen MR) is 127 cm³/mol. The lowest BCUT2D eigenvalue weighted by atomic mass is 9.70. The molecule has 0 unspecified atom stereocenters. The molecule has 1 aliphatic heterocycles. The van der Waals surface area contributed by atoms with Crippen LogP contribution in [0.1, 0.15) is 31.4 Å². The van der Waals surface area contributed by atoms with Crippen LogP contribution in [-0.4, -0.2) is 36.2 Å². The molecule has 0 bridgehead atoms. The minimum atomic E-state index is -1.09. The summed E-state index contributed by atoms with van der Waals surface area (Å²) in [6.45, 7) is 6.47. The van der Waals surface area contributed by atoms with Gasteiger partial charge in [0.05, 0.1) is 16.7 Å². The van der Waals surface area contributed by atoms with E-state index in [4.69, 9.17) is 0 Å². The van der Waals surface area contributed by atoms with Gasteiger partial charge in [-0.1, -0.05) is 74.5 Å². The number of nitrogens with zero attached hydrogens (tertiary/aromatic N) is 2. The van der Waals surface area contributed by atoms with Gasteiger partial charge in [0.15, 0.2) is 0 Å². The van der Waals surface area contributed by atoms with Gasteiger partial charge in [0.2, 0.25) is 5.91 Å². The Morgan fingerprint density at radius 2 is 1.60 bits per heavy atom. The topological polar surface area (TPSA) is 56.1 Å². The second-order valence-electron chi connectivity index (χ2n) is 6.87. The molecule has 0 spiro atoms. The number of rotatable bonds is 9. The van der Waals surface area contributed by atoms with Crippen molar-refractivity contribution in [1.29, 1.82) is 5.26 Å². The molecule has 0 fully saturated rings. The molecule has 3 rings (SSSR count). The molecule has 6 heteroatoms. The number of nitriles is 1. The number of carbonyl (C=O) groups excluding carboxylic acids is 1. The first-order chi connectivity index (χ1) is 14.2. The zero-order valence-corrected chi connectivity index (χ0v) is 19.1. The maximum Gasteiger partial charge on any atom is 0.247 e. The van der Waals surface area contributed by atoms with E-state index in [1.807, 2.05) is 65.6 Å². The quantitative estimate of drug-likeness (QED) is 0.572. The van der Waals surface area contributed by atoms with Gasteiger partial charge in [-0.25, -0.2) is 0 Å². The lowest BCUT2D eigenvalue weighted by Gasteiger charge is -2.30. The fourth-order valence-corrected chi connectivity index (χ4v) is 4.88. The fraction of sp³-hybridized carbons (Fsp3) is 0.333. The van der Waals surface area contributed by atoms with Gasteiger partial charge in [0.25, 0.3) is 0 Å². The van der Waals surface area contributed by atoms with E-state index in [0.29, 0.717) is 12.1 Å². The van der Waals surface area contributed by atoms with Crippen molar-refractivity contribution in [2.24, 2.45) is 0 Å². The number of hydrogen-bond donors (Lipinski definition) is 1. The monoisotopic (exact) mass is 441 g/mol. The molecular weight excluding hydrogens is 414 g/mol. The van der Waals surface area contributed by atoms with Gasteiger partial charge in [0.1, 0.15) is 5.41 Å². The van der Waals surface area contributed by atoms with Crippen molar-refractivity contribution >= 4 is 30.1 Å². The van der Waals surface area contributed by atoms with Gasteiger partial charge >= 0.3 is 0 Å². The van der Waals surface area contributed by atoms with Crippen LogP contribution in [0.15, 0.2) is 71.3 Å². The average molecular weight is 442 g/mol. The number of benzene rings is 2. The third-order valence-corrected chi connectivity index (χ3v) is 6.18. The first-order valence-electron chi connectivity index (χ1n) is 10.1. The molecule has 0 saturated carbocycles. The average Bonchev–Trinajstić information content (AvgIpc) is 3.01. The van der Waals surface area contributed by atoms with Crippen LogP contribution in [0.4, 0.5) is 0 Å². The first-order valence-corrected chi connectivity index (χ1v) is 11.1. The van der Waals surface area contributed by atoms with E-state index in [9.17, 15) is 10.1 Å². The Balaban J connectivity index is 0.00000320. The second kappa shape index (κ2) is 11.2. The normalized spacial score (nSPS) is 15.1. The zero-order valence-electron chi connectivity index (χ0n) is 17.4. The molecule has 1 N–H and O–H groups in total. The number of carbonyl (C=O) groups is 1. The Hall–Kier alpha value is -2.26. The molecule has 158 valence electrons. The van der Waals surface area contributed by atoms with Gasteiger partial charge < -0.3 is 10.2 Å². The number of hydrogen-bond acceptors (Lipinski definition) is 4. The van der Waals surface area contributed by atoms with E-state index in [-0.39, 0.29) is 18.3 Å². The molecule has 0 radical (unpaired) electrons. The lowest BCUT2D eigenvalue weighted by molar-refractivity contribution is -0.130. The van der Waals surface area contributed by atoms with E-state index >= 15 is 0 Å². The smallest absolute Gasteiger partial charge is 0.247 e. The van der Waals surface area contributed by atoms with Gasteiger partial charge in [-0.05, 0) is 36.4 Å². The Bertz CT molecular complexity index is 870. The van der Waals surface area contributed by atoms with Gasteiger partial charge in [-0.2, -0.15) is 5.26 Å². The predicted octanol–water partition coefficient (Wildman–Crippen LogP) is 4.72. The van der Waals surface area contributed by atoms with Crippen LogP contribution in [0.5, 0.6) is 0 Å². The van der Waals surface area contributed by atoms with Crippen molar-refractivity contribution in [2.75, 3.05) is 25.4 Å². The minimum Gasteiger partial charge on any atom is -0.317 e. The van der Waals surface area contributed by atoms with Crippen molar-refractivity contribution < 1.29 is 4.79 Å². The highest BCUT2D eigenvalue weighted by atomic mass is 35.5. The van der Waals surface area contributed by atoms with Crippen LogP contribution in [-0.2, 0) is 10.2 Å². The van der Waals surface area contributed by atoms with E-state index in [0.717, 1.165) is 41.4 Å². The molecule has 1 amide bonds. The second-order valence-corrected chi connectivity index (χ2v) is 8.12. The van der Waals surface area contributed by atoms with Crippen molar-refractivity contribution in [2.45, 2.75) is 25.7 Å². The largest absolute Gasteiger partial charge is 0.317 e. The molecule has 30 heavy (non-hydrogen) atoms. The van der Waals surface area contributed by atoms with Crippen molar-refractivity contribution in [1.82, 2.24) is 10.2 Å². The van der Waals surface area contributed by atoms with E-state index in [2.05, 4.69) is 25.2 Å². The number of thioether (sulfide) groups is 1. The minimum absolute atomic E-state index is 0. The molecule has 0 atom stereocenters. The molecule has 0 aromatic heterocycles. The van der Waals surface area contributed by atoms with Gasteiger partial charge in [-0.15, -0.1) is 24.2 Å². The molecule has 0 saturated heterocycles. The van der Waals surface area contributed by atoms with Gasteiger partial charge in [0, 0.05) is 6.54 Å². The molecule has 2 aromatic rings. The van der Waals surface area contributed by atoms with E-state index < -0.39 is 5.41 Å². The van der Waals surface area contributed by atoms with Crippen molar-refractivity contribution in [3.8, 4) is 6.07 Å². The van der Waals surface area contributed by atoms with Crippen LogP contribution in [0.3, 0.4) is 0 Å². The molecule has 1 heterocycles. The fourth-order valence-electron chi connectivity index (χ4n) is 3.94. The molecular formula is C24H28ClN3OS. The summed E-state index contributed by atoms with van der Waals surface area (Å²) in [5.41, 5.74) is 1.13. The van der Waals surface area contributed by atoms with Crippen LogP contribution in [0.25, 0.3) is 0 Å². The third kappa shape index (κ3) is 4.27. The zero-order chi connectivity index (χ0) is 20.7. The van der Waals surface area contributed by atoms with Crippen LogP contribution in [0.2, 0.25) is 0 Å². The van der Waals surface area contributed by atoms with E-state index in [1.165, 1.54) is 0 Å². The van der Waals surface area contributed by atoms with Gasteiger partial charge in [-0.3, -0.25) is 4.79 Å². The highest BCUT2D eigenvalue weighted by Crippen LogP contribution is 2.50. The molecule has 0 aliphatic carbocycles. The van der Waals surface area contributed by atoms with Crippen LogP contribution in [0, 0.1) is 11.3 Å². The Morgan fingerprint density at radius 1 is 1.03 bits per heavy atom. The summed E-state index contributed by atoms with van der Waals surface area (Å²) in [6.07, 6.45) is 0.839. The summed E-state index contributed by atoms with van der Waals surface area (Å²) >= 11 is 1.58. The highest BCUT2D eigenvalue weighted by Gasteiger charge is 2.55. The SMILES string of the molecule is CCNCCCN1C(=O)C(c2ccccc2)(c2ccccc2)C(C#N)=C1SCC.Cl. The number of halogens is 1. The summed E-state index contributed by atoms with van der Waals surface area (Å²) in [5, 5.41) is 14.4.